The number of unbranched alkanes of at least 4 members (excludes halogenated alkanes) is 1. The molecule has 2 saturated heterocycles. The Hall–Kier alpha value is -0.880. The summed E-state index contributed by atoms with van der Waals surface area (Å²) in [5.41, 5.74) is -1.52. The van der Waals surface area contributed by atoms with Gasteiger partial charge >= 0.3 is 37.0 Å². The van der Waals surface area contributed by atoms with E-state index < -0.39 is 86.6 Å². The Kier molecular flexibility index (Phi) is 11.1. The van der Waals surface area contributed by atoms with E-state index in [0.29, 0.717) is 6.42 Å². The Morgan fingerprint density at radius 3 is 2.02 bits per heavy atom. The first-order chi connectivity index (χ1) is 18.5. The van der Waals surface area contributed by atoms with E-state index >= 15 is 0 Å². The minimum Gasteiger partial charge on any atom is -0.346 e. The fourth-order valence-electron chi connectivity index (χ4n) is 3.69. The van der Waals surface area contributed by atoms with E-state index in [9.17, 15) is 47.4 Å². The molecule has 9 atom stereocenters. The first-order valence-electron chi connectivity index (χ1n) is 11.5. The molecule has 0 aliphatic carbocycles. The van der Waals surface area contributed by atoms with Crippen molar-refractivity contribution in [2.75, 3.05) is 13.2 Å². The summed E-state index contributed by atoms with van der Waals surface area (Å²) in [6.07, 6.45) is -1.94. The minimum absolute atomic E-state index is 0.461. The van der Waals surface area contributed by atoms with Crippen molar-refractivity contribution in [3.63, 3.8) is 0 Å². The summed E-state index contributed by atoms with van der Waals surface area (Å²) < 4.78 is 86.3. The molecule has 40 heavy (non-hydrogen) atoms. The highest BCUT2D eigenvalue weighted by Crippen LogP contribution is 2.71. The highest BCUT2D eigenvalue weighted by Gasteiger charge is 2.54. The molecule has 0 aromatic carbocycles. The molecule has 1 aromatic heterocycles. The summed E-state index contributed by atoms with van der Waals surface area (Å²) in [6, 6.07) is 1.05. The first kappa shape index (κ1) is 33.6. The van der Waals surface area contributed by atoms with Crippen molar-refractivity contribution >= 4 is 31.3 Å². The maximum atomic E-state index is 12.3. The number of hydrogen-bond acceptors (Lipinski definition) is 14. The van der Waals surface area contributed by atoms with Crippen LogP contribution in [0.15, 0.2) is 21.9 Å². The Bertz CT molecular complexity index is 1350. The van der Waals surface area contributed by atoms with Crippen LogP contribution in [-0.2, 0) is 54.5 Å². The van der Waals surface area contributed by atoms with Gasteiger partial charge in [-0.3, -0.25) is 23.4 Å². The van der Waals surface area contributed by atoms with E-state index in [1.807, 2.05) is 11.9 Å². The second-order valence-electron chi connectivity index (χ2n) is 8.19. The van der Waals surface area contributed by atoms with Crippen molar-refractivity contribution in [2.24, 2.45) is 0 Å². The number of phosphoric acid groups is 4. The number of aromatic nitrogens is 2. The van der Waals surface area contributed by atoms with Crippen molar-refractivity contribution in [3.05, 3.63) is 33.1 Å². The average Bonchev–Trinajstić information content (AvgIpc) is 3.33. The van der Waals surface area contributed by atoms with Gasteiger partial charge in [0.2, 0.25) is 0 Å². The van der Waals surface area contributed by atoms with Gasteiger partial charge in [0, 0.05) is 12.3 Å². The number of nitrogens with one attached hydrogen (secondary N) is 1. The van der Waals surface area contributed by atoms with Crippen LogP contribution in [0.25, 0.3) is 0 Å². The Morgan fingerprint density at radius 1 is 0.875 bits per heavy atom. The molecule has 0 radical (unpaired) electrons. The summed E-state index contributed by atoms with van der Waals surface area (Å²) in [5, 5.41) is 0. The number of H-pyrrole nitrogens is 1. The molecule has 1 aromatic rings. The molecular formula is C16H28N2O18P4. The van der Waals surface area contributed by atoms with E-state index in [1.165, 1.54) is 6.92 Å². The Labute approximate surface area is 225 Å². The fraction of sp³-hybridized carbons (Fsp3) is 0.750. The number of ether oxygens (including phenoxy) is 3. The molecular weight excluding hydrogens is 632 g/mol. The number of nitrogens with zero attached hydrogens (tertiary/aromatic N) is 1. The molecule has 0 bridgehead atoms. The number of hydrogen-bond donors (Lipinski definition) is 5. The third-order valence-corrected chi connectivity index (χ3v) is 11.1. The third-order valence-electron chi connectivity index (χ3n) is 5.14. The normalized spacial score (nSPS) is 30.6. The fourth-order valence-corrected chi connectivity index (χ4v) is 8.63. The van der Waals surface area contributed by atoms with Crippen LogP contribution in [0.4, 0.5) is 0 Å². The largest absolute Gasteiger partial charge is 0.490 e. The molecule has 6 unspecified atom stereocenters. The summed E-state index contributed by atoms with van der Waals surface area (Å²) in [6.45, 7) is 1.83. The molecule has 2 aliphatic heterocycles. The van der Waals surface area contributed by atoms with Gasteiger partial charge in [-0.05, 0) is 19.8 Å². The molecule has 0 amide bonds. The van der Waals surface area contributed by atoms with Crippen molar-refractivity contribution in [3.8, 4) is 0 Å². The van der Waals surface area contributed by atoms with Gasteiger partial charge in [-0.2, -0.15) is 12.9 Å². The van der Waals surface area contributed by atoms with Gasteiger partial charge in [0.05, 0.1) is 13.2 Å². The van der Waals surface area contributed by atoms with Crippen LogP contribution in [0.3, 0.4) is 0 Å². The second kappa shape index (κ2) is 13.2. The van der Waals surface area contributed by atoms with E-state index in [-0.39, 0.29) is 0 Å². The van der Waals surface area contributed by atoms with Crippen molar-refractivity contribution in [1.29, 1.82) is 0 Å². The summed E-state index contributed by atoms with van der Waals surface area (Å²) in [7, 11) is -22.6. The molecule has 20 nitrogen and oxygen atoms in total. The van der Waals surface area contributed by atoms with Gasteiger partial charge in [0.25, 0.3) is 5.56 Å². The number of fused-ring (bicyclic) bond motifs is 1. The predicted octanol–water partition coefficient (Wildman–Crippen LogP) is 1.24. The maximum absolute atomic E-state index is 12.3. The average molecular weight is 660 g/mol. The molecule has 3 rings (SSSR count). The topological polar surface area (TPSA) is 278 Å². The van der Waals surface area contributed by atoms with Crippen LogP contribution in [0.2, 0.25) is 0 Å². The van der Waals surface area contributed by atoms with Gasteiger partial charge in [-0.25, -0.2) is 23.1 Å². The monoisotopic (exact) mass is 660 g/mol. The van der Waals surface area contributed by atoms with Gasteiger partial charge in [-0.1, -0.05) is 13.3 Å². The zero-order valence-corrected chi connectivity index (χ0v) is 24.4. The highest BCUT2D eigenvalue weighted by atomic mass is 31.3. The smallest absolute Gasteiger partial charge is 0.346 e. The Morgan fingerprint density at radius 2 is 1.45 bits per heavy atom. The van der Waals surface area contributed by atoms with Crippen molar-refractivity contribution < 1.29 is 74.0 Å². The number of phosphoric ester groups is 2. The van der Waals surface area contributed by atoms with Crippen LogP contribution in [0, 0.1) is 0 Å². The van der Waals surface area contributed by atoms with Gasteiger partial charge in [-0.15, -0.1) is 0 Å². The van der Waals surface area contributed by atoms with Crippen LogP contribution in [-0.4, -0.2) is 66.9 Å². The number of aromatic amines is 1. The van der Waals surface area contributed by atoms with Crippen LogP contribution in [0.5, 0.6) is 0 Å². The molecule has 24 heteroatoms. The van der Waals surface area contributed by atoms with E-state index in [2.05, 4.69) is 17.5 Å². The lowest BCUT2D eigenvalue weighted by Gasteiger charge is -2.22. The van der Waals surface area contributed by atoms with Gasteiger partial charge < -0.3 is 33.8 Å². The summed E-state index contributed by atoms with van der Waals surface area (Å²) >= 11 is 0. The highest BCUT2D eigenvalue weighted by molar-refractivity contribution is 7.69. The van der Waals surface area contributed by atoms with Crippen molar-refractivity contribution in [2.45, 2.75) is 63.9 Å². The second-order valence-corrected chi connectivity index (χ2v) is 14.4. The molecule has 2 fully saturated rings. The van der Waals surface area contributed by atoms with Crippen LogP contribution in [0.1, 0.15) is 39.3 Å². The quantitative estimate of drug-likeness (QED) is 0.165. The molecule has 3 heterocycles. The lowest BCUT2D eigenvalue weighted by atomic mass is 10.1. The summed E-state index contributed by atoms with van der Waals surface area (Å²) in [5.74, 6) is 0. The summed E-state index contributed by atoms with van der Waals surface area (Å²) in [4.78, 5) is 64.1. The van der Waals surface area contributed by atoms with Crippen molar-refractivity contribution in [1.82, 2.24) is 9.55 Å². The lowest BCUT2D eigenvalue weighted by molar-refractivity contribution is -0.153. The van der Waals surface area contributed by atoms with Gasteiger partial charge in [0.15, 0.2) is 12.5 Å². The molecule has 2 aliphatic rings. The zero-order chi connectivity index (χ0) is 29.9. The standard InChI is InChI=1S/C16H28N2O18P4/c1-3-5-6-12-32-13-10(31-15(14(13)33-12)18-8-7-11(19)17-16(18)20)9-30-38(23,24)35-40(27,28)36-39(25,26)34-37(21,22)29-4-2/h7-8,10,12-15H,3-6,9H2,1-2H3,(H,21,22)(H,23,24)(H,25,26)(H,27,28)(H,17,19,20)/t10-,12?,13?,14+,15-/m1/s1. The lowest BCUT2D eigenvalue weighted by Crippen LogP contribution is -2.36. The minimum atomic E-state index is -5.96. The molecule has 230 valence electrons. The van der Waals surface area contributed by atoms with Crippen LogP contribution >= 0.6 is 31.3 Å². The van der Waals surface area contributed by atoms with E-state index in [0.717, 1.165) is 29.7 Å². The first-order valence-corrected chi connectivity index (χ1v) is 17.5. The van der Waals surface area contributed by atoms with Gasteiger partial charge in [0.1, 0.15) is 18.3 Å². The van der Waals surface area contributed by atoms with Crippen LogP contribution < -0.4 is 11.2 Å². The maximum Gasteiger partial charge on any atom is 0.490 e. The molecule has 5 N–H and O–H groups in total. The third kappa shape index (κ3) is 9.31. The number of rotatable bonds is 15. The molecule has 0 saturated carbocycles. The predicted molar refractivity (Wildman–Crippen MR) is 128 cm³/mol. The molecule has 0 spiro atoms. The Balaban J connectivity index is 1.70. The van der Waals surface area contributed by atoms with E-state index in [1.54, 1.807) is 0 Å². The van der Waals surface area contributed by atoms with E-state index in [4.69, 9.17) is 18.7 Å². The SMILES string of the molecule is CCCCC1OC2[C@@H](COP(=O)(O)OP(=O)(O)OP(=O)(O)OP(=O)(O)OCC)O[C@@H](n3ccc(=O)[nH]c3=O)[C@H]2O1. The zero-order valence-electron chi connectivity index (χ0n) is 20.8.